The van der Waals surface area contributed by atoms with E-state index in [0.29, 0.717) is 45.8 Å². The summed E-state index contributed by atoms with van der Waals surface area (Å²) in [4.78, 5) is 84.6. The number of carbonyl (C=O) groups is 7. The molecule has 0 radical (unpaired) electrons. The lowest BCUT2D eigenvalue weighted by Gasteiger charge is -2.24. The second-order valence-electron chi connectivity index (χ2n) is 13.1. The summed E-state index contributed by atoms with van der Waals surface area (Å²) in [6, 6.07) is -2.09. The molecule has 1 aliphatic rings. The minimum Gasteiger partial charge on any atom is -0.480 e. The predicted molar refractivity (Wildman–Crippen MR) is 186 cm³/mol. The first-order chi connectivity index (χ1) is 24.6. The highest BCUT2D eigenvalue weighted by molar-refractivity contribution is 6.13. The van der Waals surface area contributed by atoms with E-state index in [4.69, 9.17) is 23.7 Å². The molecule has 52 heavy (non-hydrogen) atoms. The van der Waals surface area contributed by atoms with Gasteiger partial charge in [0.05, 0.1) is 52.9 Å². The van der Waals surface area contributed by atoms with Crippen LogP contribution in [0.2, 0.25) is 0 Å². The molecule has 0 saturated carbocycles. The third-order valence-electron chi connectivity index (χ3n) is 7.09. The first-order valence-electron chi connectivity index (χ1n) is 17.5. The average molecular weight is 744 g/mol. The van der Waals surface area contributed by atoms with Gasteiger partial charge >= 0.3 is 12.1 Å². The number of nitrogens with one attached hydrogen (secondary N) is 4. The molecule has 0 bridgehead atoms. The Bertz CT molecular complexity index is 1170. The summed E-state index contributed by atoms with van der Waals surface area (Å²) in [5.41, 5.74) is -0.624. The van der Waals surface area contributed by atoms with Gasteiger partial charge in [-0.15, -0.1) is 0 Å². The Balaban J connectivity index is 2.08. The molecule has 2 unspecified atom stereocenters. The second-order valence-corrected chi connectivity index (χ2v) is 13.1. The third-order valence-corrected chi connectivity index (χ3v) is 7.09. The molecule has 0 fully saturated rings. The van der Waals surface area contributed by atoms with Gasteiger partial charge in [-0.2, -0.15) is 0 Å². The van der Waals surface area contributed by atoms with E-state index in [0.717, 1.165) is 4.90 Å². The lowest BCUT2D eigenvalue weighted by atomic mass is 10.0. The van der Waals surface area contributed by atoms with E-state index in [-0.39, 0.29) is 70.6 Å². The molecular weight excluding hydrogens is 686 g/mol. The number of nitrogens with zero attached hydrogens (tertiary/aromatic N) is 1. The van der Waals surface area contributed by atoms with Crippen LogP contribution in [-0.2, 0) is 52.5 Å². The van der Waals surface area contributed by atoms with Crippen LogP contribution in [0.1, 0.15) is 66.7 Å². The molecule has 5 N–H and O–H groups in total. The van der Waals surface area contributed by atoms with Gasteiger partial charge in [-0.3, -0.25) is 28.9 Å². The summed E-state index contributed by atoms with van der Waals surface area (Å²) in [6.07, 6.45) is 2.85. The number of rotatable bonds is 28. The second kappa shape index (κ2) is 25.8. The van der Waals surface area contributed by atoms with Crippen LogP contribution in [0, 0.1) is 5.92 Å². The van der Waals surface area contributed by atoms with Crippen molar-refractivity contribution in [1.29, 1.82) is 0 Å². The number of carboxylic acids is 1. The molecule has 0 aromatic rings. The Hall–Kier alpha value is -4.13. The monoisotopic (exact) mass is 743 g/mol. The Labute approximate surface area is 305 Å². The quantitative estimate of drug-likeness (QED) is 0.0536. The lowest BCUT2D eigenvalue weighted by Crippen LogP contribution is -2.53. The van der Waals surface area contributed by atoms with Gasteiger partial charge in [-0.25, -0.2) is 9.59 Å². The van der Waals surface area contributed by atoms with Crippen LogP contribution < -0.4 is 21.3 Å². The lowest BCUT2D eigenvalue weighted by molar-refractivity contribution is -0.142. The van der Waals surface area contributed by atoms with Crippen molar-refractivity contribution in [3.05, 3.63) is 12.2 Å². The zero-order valence-corrected chi connectivity index (χ0v) is 31.0. The average Bonchev–Trinajstić information content (AvgIpc) is 3.38. The zero-order chi connectivity index (χ0) is 38.9. The van der Waals surface area contributed by atoms with E-state index in [1.807, 2.05) is 0 Å². The van der Waals surface area contributed by atoms with Crippen LogP contribution in [0.4, 0.5) is 4.79 Å². The topological polar surface area (TPSA) is 237 Å². The van der Waals surface area contributed by atoms with E-state index >= 15 is 0 Å². The van der Waals surface area contributed by atoms with Crippen LogP contribution in [0.15, 0.2) is 12.2 Å². The van der Waals surface area contributed by atoms with Gasteiger partial charge in [-0.1, -0.05) is 13.8 Å². The van der Waals surface area contributed by atoms with Crippen molar-refractivity contribution in [2.45, 2.75) is 84.4 Å². The molecule has 0 spiro atoms. The van der Waals surface area contributed by atoms with E-state index < -0.39 is 53.4 Å². The summed E-state index contributed by atoms with van der Waals surface area (Å²) in [7, 11) is 0. The number of carboxylic acid groups (broad SMARTS) is 1. The minimum atomic E-state index is -1.20. The van der Waals surface area contributed by atoms with Crippen molar-refractivity contribution < 1.29 is 62.4 Å². The molecule has 0 saturated heterocycles. The minimum absolute atomic E-state index is 0.00532. The molecule has 2 atom stereocenters. The van der Waals surface area contributed by atoms with Crippen molar-refractivity contribution in [1.82, 2.24) is 26.2 Å². The number of ether oxygens (including phenoxy) is 5. The molecule has 1 rings (SSSR count). The Morgan fingerprint density at radius 3 is 1.83 bits per heavy atom. The largest absolute Gasteiger partial charge is 0.480 e. The van der Waals surface area contributed by atoms with Crippen molar-refractivity contribution in [3.8, 4) is 0 Å². The van der Waals surface area contributed by atoms with Crippen molar-refractivity contribution >= 4 is 41.6 Å². The number of imide groups is 1. The first-order valence-corrected chi connectivity index (χ1v) is 17.5. The number of aliphatic carboxylic acids is 1. The van der Waals surface area contributed by atoms with Crippen LogP contribution in [0.3, 0.4) is 0 Å². The number of hydrogen-bond donors (Lipinski definition) is 5. The highest BCUT2D eigenvalue weighted by atomic mass is 16.6. The normalized spacial score (nSPS) is 13.9. The molecule has 1 heterocycles. The summed E-state index contributed by atoms with van der Waals surface area (Å²) < 4.78 is 26.8. The third kappa shape index (κ3) is 21.9. The smallest absolute Gasteiger partial charge is 0.407 e. The number of carbonyl (C=O) groups excluding carboxylic acids is 6. The molecule has 6 amide bonds. The molecule has 0 aliphatic carbocycles. The van der Waals surface area contributed by atoms with Gasteiger partial charge in [0.15, 0.2) is 0 Å². The van der Waals surface area contributed by atoms with Gasteiger partial charge in [-0.05, 0) is 46.0 Å². The zero-order valence-electron chi connectivity index (χ0n) is 31.0. The number of hydrogen-bond acceptors (Lipinski definition) is 12. The summed E-state index contributed by atoms with van der Waals surface area (Å²) in [5, 5.41) is 20.0. The fraction of sp³-hybridized carbons (Fsp3) is 0.735. The van der Waals surface area contributed by atoms with Crippen LogP contribution in [0.5, 0.6) is 0 Å². The van der Waals surface area contributed by atoms with Crippen molar-refractivity contribution in [2.24, 2.45) is 5.92 Å². The molecule has 0 aromatic heterocycles. The van der Waals surface area contributed by atoms with E-state index in [1.54, 1.807) is 34.6 Å². The van der Waals surface area contributed by atoms with E-state index in [9.17, 15) is 38.7 Å². The van der Waals surface area contributed by atoms with E-state index in [1.165, 1.54) is 12.2 Å². The van der Waals surface area contributed by atoms with Gasteiger partial charge in [0.25, 0.3) is 11.8 Å². The molecular formula is C34H57N5O13. The summed E-state index contributed by atoms with van der Waals surface area (Å²) >= 11 is 0. The van der Waals surface area contributed by atoms with Gasteiger partial charge in [0.1, 0.15) is 17.7 Å². The SMILES string of the molecule is CC(C)C(NC(=O)CCOCCOCCOCCOCCNC(=O)CCN1C(=O)C=CC1=O)C(=O)NC(CCCCNC(=O)OC(C)(C)C)C(=O)O. The highest BCUT2D eigenvalue weighted by Crippen LogP contribution is 2.09. The van der Waals surface area contributed by atoms with Crippen LogP contribution in [-0.4, -0.2) is 142 Å². The highest BCUT2D eigenvalue weighted by Gasteiger charge is 2.28. The van der Waals surface area contributed by atoms with Gasteiger partial charge < -0.3 is 50.1 Å². The molecule has 18 nitrogen and oxygen atoms in total. The Morgan fingerprint density at radius 2 is 1.29 bits per heavy atom. The maximum atomic E-state index is 12.9. The number of unbranched alkanes of at least 4 members (excludes halogenated alkanes) is 1. The van der Waals surface area contributed by atoms with Crippen LogP contribution in [0.25, 0.3) is 0 Å². The maximum Gasteiger partial charge on any atom is 0.407 e. The summed E-state index contributed by atoms with van der Waals surface area (Å²) in [6.45, 7) is 11.5. The predicted octanol–water partition coefficient (Wildman–Crippen LogP) is 0.279. The van der Waals surface area contributed by atoms with Gasteiger partial charge in [0, 0.05) is 44.6 Å². The number of alkyl carbamates (subject to hydrolysis) is 1. The number of amides is 6. The first kappa shape index (κ1) is 45.9. The van der Waals surface area contributed by atoms with Crippen LogP contribution >= 0.6 is 0 Å². The standard InChI is InChI=1S/C34H57N5O13/c1-24(2)30(31(44)37-25(32(45)46)8-6-7-13-36-33(47)52-34(3,4)5)38-27(41)12-16-48-18-20-50-22-23-51-21-19-49-17-14-35-26(40)11-15-39-28(42)9-10-29(39)43/h9-10,24-25,30H,6-8,11-23H2,1-5H3,(H,35,40)(H,36,47)(H,37,44)(H,38,41)(H,45,46). The van der Waals surface area contributed by atoms with Crippen molar-refractivity contribution in [2.75, 3.05) is 72.5 Å². The fourth-order valence-electron chi connectivity index (χ4n) is 4.42. The van der Waals surface area contributed by atoms with Crippen molar-refractivity contribution in [3.63, 3.8) is 0 Å². The maximum absolute atomic E-state index is 12.9. The van der Waals surface area contributed by atoms with E-state index in [2.05, 4.69) is 21.3 Å². The molecule has 18 heteroatoms. The Morgan fingerprint density at radius 1 is 0.731 bits per heavy atom. The van der Waals surface area contributed by atoms with Gasteiger partial charge in [0.2, 0.25) is 17.7 Å². The molecule has 0 aromatic carbocycles. The molecule has 1 aliphatic heterocycles. The molecule has 296 valence electrons. The summed E-state index contributed by atoms with van der Waals surface area (Å²) in [5.74, 6) is -3.65. The fourth-order valence-corrected chi connectivity index (χ4v) is 4.42. The Kier molecular flexibility index (Phi) is 22.7.